The van der Waals surface area contributed by atoms with Gasteiger partial charge in [-0.3, -0.25) is 4.79 Å². The fraction of sp³-hybridized carbons (Fsp3) is 0.391. The third kappa shape index (κ3) is 5.32. The maximum atomic E-state index is 13.4. The highest BCUT2D eigenvalue weighted by Crippen LogP contribution is 2.45. The Morgan fingerprint density at radius 3 is 2.48 bits per heavy atom. The fourth-order valence-corrected chi connectivity index (χ4v) is 4.36. The number of nitrogens with one attached hydrogen (secondary N) is 1. The minimum atomic E-state index is -1.12. The molecule has 6 nitrogen and oxygen atoms in total. The summed E-state index contributed by atoms with van der Waals surface area (Å²) in [6.45, 7) is 0.784. The lowest BCUT2D eigenvalue weighted by Crippen LogP contribution is -2.52. The third-order valence-electron chi connectivity index (χ3n) is 5.72. The van der Waals surface area contributed by atoms with Crippen molar-refractivity contribution in [2.75, 3.05) is 13.1 Å². The second-order valence-electron chi connectivity index (χ2n) is 8.05. The number of carbonyl (C=O) groups is 2. The van der Waals surface area contributed by atoms with E-state index in [0.717, 1.165) is 24.0 Å². The molecule has 8 heteroatoms. The highest BCUT2D eigenvalue weighted by atomic mass is 35.5. The van der Waals surface area contributed by atoms with Crippen LogP contribution in [0.3, 0.4) is 0 Å². The Morgan fingerprint density at radius 1 is 1.10 bits per heavy atom. The molecule has 0 bridgehead atoms. The number of carbonyl (C=O) groups excluding carboxylic acids is 1. The standard InChI is InChI=1S/C23H24Cl2N2O4/c24-17-8-6-15(7-9-17)20-21(16-2-1-3-18(25)12-16)31-19(10-11-26-23(29)30)22(28)27(20)13-14-4-5-14/h1-3,6-9,12,14,19-21,26H,4-5,10-11,13H2,(H,29,30)/t19-,20+,21-/m0/s1. The van der Waals surface area contributed by atoms with E-state index >= 15 is 0 Å². The van der Waals surface area contributed by atoms with Crippen LogP contribution < -0.4 is 5.32 Å². The summed E-state index contributed by atoms with van der Waals surface area (Å²) in [4.78, 5) is 26.2. The van der Waals surface area contributed by atoms with Gasteiger partial charge in [0.25, 0.3) is 5.91 Å². The van der Waals surface area contributed by atoms with E-state index in [1.54, 1.807) is 6.07 Å². The first-order valence-corrected chi connectivity index (χ1v) is 11.1. The van der Waals surface area contributed by atoms with Gasteiger partial charge in [-0.05, 0) is 54.2 Å². The largest absolute Gasteiger partial charge is 0.465 e. The number of ether oxygens (including phenoxy) is 1. The second kappa shape index (κ2) is 9.47. The van der Waals surface area contributed by atoms with Crippen molar-refractivity contribution in [2.45, 2.75) is 37.5 Å². The smallest absolute Gasteiger partial charge is 0.404 e. The van der Waals surface area contributed by atoms with Crippen LogP contribution in [0.5, 0.6) is 0 Å². The maximum Gasteiger partial charge on any atom is 0.404 e. The van der Waals surface area contributed by atoms with E-state index < -0.39 is 18.3 Å². The minimum Gasteiger partial charge on any atom is -0.465 e. The highest BCUT2D eigenvalue weighted by Gasteiger charge is 2.45. The molecule has 1 saturated heterocycles. The van der Waals surface area contributed by atoms with E-state index in [0.29, 0.717) is 22.5 Å². The molecule has 1 aliphatic carbocycles. The molecule has 4 rings (SSSR count). The first-order valence-electron chi connectivity index (χ1n) is 10.4. The molecule has 1 aliphatic heterocycles. The highest BCUT2D eigenvalue weighted by molar-refractivity contribution is 6.30. The molecule has 0 spiro atoms. The van der Waals surface area contributed by atoms with Crippen LogP contribution in [0.2, 0.25) is 10.0 Å². The summed E-state index contributed by atoms with van der Waals surface area (Å²) in [5.74, 6) is 0.368. The van der Waals surface area contributed by atoms with Crippen molar-refractivity contribution in [3.05, 3.63) is 69.7 Å². The van der Waals surface area contributed by atoms with Crippen LogP contribution in [-0.4, -0.2) is 41.2 Å². The summed E-state index contributed by atoms with van der Waals surface area (Å²) in [7, 11) is 0. The number of benzene rings is 2. The Kier molecular flexibility index (Phi) is 6.70. The third-order valence-corrected chi connectivity index (χ3v) is 6.20. The molecule has 164 valence electrons. The lowest BCUT2D eigenvalue weighted by atomic mass is 9.91. The van der Waals surface area contributed by atoms with E-state index in [4.69, 9.17) is 33.0 Å². The molecule has 1 saturated carbocycles. The molecule has 31 heavy (non-hydrogen) atoms. The second-order valence-corrected chi connectivity index (χ2v) is 8.92. The zero-order valence-electron chi connectivity index (χ0n) is 16.8. The average Bonchev–Trinajstić information content (AvgIpc) is 3.55. The van der Waals surface area contributed by atoms with Crippen LogP contribution in [0.4, 0.5) is 4.79 Å². The Morgan fingerprint density at radius 2 is 1.84 bits per heavy atom. The molecule has 2 aromatic carbocycles. The Hall–Kier alpha value is -2.28. The van der Waals surface area contributed by atoms with E-state index in [1.807, 2.05) is 47.4 Å². The van der Waals surface area contributed by atoms with E-state index in [9.17, 15) is 9.59 Å². The van der Waals surface area contributed by atoms with Crippen LogP contribution in [0.25, 0.3) is 0 Å². The summed E-state index contributed by atoms with van der Waals surface area (Å²) < 4.78 is 6.34. The van der Waals surface area contributed by atoms with Gasteiger partial charge in [-0.25, -0.2) is 4.79 Å². The number of nitrogens with zero attached hydrogens (tertiary/aromatic N) is 1. The van der Waals surface area contributed by atoms with E-state index in [-0.39, 0.29) is 24.9 Å². The summed E-state index contributed by atoms with van der Waals surface area (Å²) >= 11 is 12.4. The van der Waals surface area contributed by atoms with Gasteiger partial charge in [-0.2, -0.15) is 0 Å². The van der Waals surface area contributed by atoms with E-state index in [2.05, 4.69) is 5.32 Å². The van der Waals surface area contributed by atoms with Crippen LogP contribution in [-0.2, 0) is 9.53 Å². The van der Waals surface area contributed by atoms with Gasteiger partial charge < -0.3 is 20.1 Å². The first kappa shape index (κ1) is 21.9. The van der Waals surface area contributed by atoms with Gasteiger partial charge >= 0.3 is 6.09 Å². The Bertz CT molecular complexity index is 949. The van der Waals surface area contributed by atoms with E-state index in [1.165, 1.54) is 0 Å². The normalized spacial score (nSPS) is 23.6. The molecule has 0 aromatic heterocycles. The quantitative estimate of drug-likeness (QED) is 0.601. The summed E-state index contributed by atoms with van der Waals surface area (Å²) in [5, 5.41) is 12.4. The lowest BCUT2D eigenvalue weighted by Gasteiger charge is -2.45. The number of morpholine rings is 1. The van der Waals surface area contributed by atoms with Crippen molar-refractivity contribution in [1.29, 1.82) is 0 Å². The average molecular weight is 463 g/mol. The molecule has 2 N–H and O–H groups in total. The van der Waals surface area contributed by atoms with Gasteiger partial charge in [0.15, 0.2) is 0 Å². The molecule has 0 radical (unpaired) electrons. The summed E-state index contributed by atoms with van der Waals surface area (Å²) in [6.07, 6.45) is 0.167. The van der Waals surface area contributed by atoms with Crippen LogP contribution >= 0.6 is 23.2 Å². The topological polar surface area (TPSA) is 78.9 Å². The predicted octanol–water partition coefficient (Wildman–Crippen LogP) is 5.07. The lowest BCUT2D eigenvalue weighted by molar-refractivity contribution is -0.175. The first-order chi connectivity index (χ1) is 14.9. The van der Waals surface area contributed by atoms with Crippen molar-refractivity contribution < 1.29 is 19.4 Å². The van der Waals surface area contributed by atoms with Gasteiger partial charge in [0, 0.05) is 29.6 Å². The SMILES string of the molecule is O=C(O)NCC[C@@H]1O[C@@H](c2cccc(Cl)c2)[C@@H](c2ccc(Cl)cc2)N(CC2CC2)C1=O. The van der Waals surface area contributed by atoms with Gasteiger partial charge in [0.05, 0.1) is 6.04 Å². The number of carboxylic acid groups (broad SMARTS) is 1. The number of amides is 2. The molecule has 0 unspecified atom stereocenters. The van der Waals surface area contributed by atoms with Crippen LogP contribution in [0, 0.1) is 5.92 Å². The Balaban J connectivity index is 1.71. The molecular weight excluding hydrogens is 439 g/mol. The monoisotopic (exact) mass is 462 g/mol. The van der Waals surface area contributed by atoms with Crippen molar-refractivity contribution in [3.63, 3.8) is 0 Å². The molecule has 2 aliphatic rings. The van der Waals surface area contributed by atoms with Crippen molar-refractivity contribution in [2.24, 2.45) is 5.92 Å². The number of halogens is 2. The summed E-state index contributed by atoms with van der Waals surface area (Å²) in [5.41, 5.74) is 1.81. The molecule has 2 fully saturated rings. The number of rotatable bonds is 7. The number of hydrogen-bond acceptors (Lipinski definition) is 3. The van der Waals surface area contributed by atoms with Crippen LogP contribution in [0.1, 0.15) is 42.5 Å². The van der Waals surface area contributed by atoms with Gasteiger partial charge in [-0.15, -0.1) is 0 Å². The van der Waals surface area contributed by atoms with Gasteiger partial charge in [-0.1, -0.05) is 47.5 Å². The minimum absolute atomic E-state index is 0.114. The van der Waals surface area contributed by atoms with Crippen molar-refractivity contribution >= 4 is 35.2 Å². The van der Waals surface area contributed by atoms with Crippen LogP contribution in [0.15, 0.2) is 48.5 Å². The molecule has 3 atom stereocenters. The Labute approximate surface area is 191 Å². The molecular formula is C23H24Cl2N2O4. The van der Waals surface area contributed by atoms with Gasteiger partial charge in [0.1, 0.15) is 12.2 Å². The van der Waals surface area contributed by atoms with Crippen molar-refractivity contribution in [3.8, 4) is 0 Å². The number of hydrogen-bond donors (Lipinski definition) is 2. The molecule has 1 heterocycles. The maximum absolute atomic E-state index is 13.4. The fourth-order valence-electron chi connectivity index (χ4n) is 4.04. The summed E-state index contributed by atoms with van der Waals surface area (Å²) in [6, 6.07) is 14.6. The zero-order chi connectivity index (χ0) is 22.0. The van der Waals surface area contributed by atoms with Gasteiger partial charge in [0.2, 0.25) is 0 Å². The van der Waals surface area contributed by atoms with Crippen molar-refractivity contribution in [1.82, 2.24) is 10.2 Å². The molecule has 2 amide bonds. The molecule has 2 aromatic rings. The predicted molar refractivity (Wildman–Crippen MR) is 118 cm³/mol. The zero-order valence-corrected chi connectivity index (χ0v) is 18.4.